The van der Waals surface area contributed by atoms with Crippen LogP contribution in [0.5, 0.6) is 23.0 Å². The van der Waals surface area contributed by atoms with Gasteiger partial charge in [-0.15, -0.1) is 0 Å². The first-order chi connectivity index (χ1) is 14.8. The van der Waals surface area contributed by atoms with Gasteiger partial charge in [0.25, 0.3) is 0 Å². The van der Waals surface area contributed by atoms with Crippen molar-refractivity contribution < 1.29 is 23.4 Å². The van der Waals surface area contributed by atoms with Crippen molar-refractivity contribution in [1.82, 2.24) is 5.01 Å². The SMILES string of the molecule is CCOc1cccc2c1O[C@@H](c1ccco1)N1N=C(c3ccc4c(c3)OCO4)C[C@@H]21. The lowest BCUT2D eigenvalue weighted by molar-refractivity contribution is -0.0344. The second-order valence-electron chi connectivity index (χ2n) is 7.31. The third-order valence-electron chi connectivity index (χ3n) is 5.57. The molecule has 4 heterocycles. The minimum Gasteiger partial charge on any atom is -0.490 e. The van der Waals surface area contributed by atoms with Gasteiger partial charge in [-0.05, 0) is 43.3 Å². The maximum Gasteiger partial charge on any atom is 0.246 e. The molecule has 0 spiro atoms. The Morgan fingerprint density at radius 1 is 1.10 bits per heavy atom. The van der Waals surface area contributed by atoms with Gasteiger partial charge in [-0.2, -0.15) is 5.10 Å². The van der Waals surface area contributed by atoms with Crippen LogP contribution < -0.4 is 18.9 Å². The molecule has 3 aliphatic rings. The van der Waals surface area contributed by atoms with E-state index in [0.717, 1.165) is 46.3 Å². The first kappa shape index (κ1) is 17.3. The van der Waals surface area contributed by atoms with Crippen molar-refractivity contribution in [3.8, 4) is 23.0 Å². The van der Waals surface area contributed by atoms with Crippen LogP contribution >= 0.6 is 0 Å². The van der Waals surface area contributed by atoms with Gasteiger partial charge in [0.05, 0.1) is 24.6 Å². The molecule has 0 unspecified atom stereocenters. The summed E-state index contributed by atoms with van der Waals surface area (Å²) < 4.78 is 28.9. The number of ether oxygens (including phenoxy) is 4. The fourth-order valence-electron chi connectivity index (χ4n) is 4.22. The van der Waals surface area contributed by atoms with Crippen molar-refractivity contribution in [1.29, 1.82) is 0 Å². The fourth-order valence-corrected chi connectivity index (χ4v) is 4.22. The van der Waals surface area contributed by atoms with Crippen molar-refractivity contribution >= 4 is 5.71 Å². The monoisotopic (exact) mass is 404 g/mol. The van der Waals surface area contributed by atoms with Crippen LogP contribution in [0.1, 0.15) is 42.5 Å². The number of hydrazone groups is 1. The summed E-state index contributed by atoms with van der Waals surface area (Å²) in [5.41, 5.74) is 3.03. The molecule has 7 nitrogen and oxygen atoms in total. The zero-order chi connectivity index (χ0) is 20.1. The molecule has 0 fully saturated rings. The molecule has 0 N–H and O–H groups in total. The van der Waals surface area contributed by atoms with E-state index in [9.17, 15) is 0 Å². The lowest BCUT2D eigenvalue weighted by atomic mass is 9.96. The number of nitrogens with zero attached hydrogens (tertiary/aromatic N) is 2. The number of hydrogen-bond donors (Lipinski definition) is 0. The van der Waals surface area contributed by atoms with Crippen molar-refractivity contribution in [2.75, 3.05) is 13.4 Å². The Balaban J connectivity index is 1.43. The molecule has 3 aromatic rings. The number of hydrogen-bond acceptors (Lipinski definition) is 7. The Kier molecular flexibility index (Phi) is 3.87. The lowest BCUT2D eigenvalue weighted by Gasteiger charge is -2.37. The number of furan rings is 1. The van der Waals surface area contributed by atoms with Crippen LogP contribution in [0.3, 0.4) is 0 Å². The Labute approximate surface area is 173 Å². The number of rotatable bonds is 4. The zero-order valence-corrected chi connectivity index (χ0v) is 16.4. The average molecular weight is 404 g/mol. The highest BCUT2D eigenvalue weighted by atomic mass is 16.7. The summed E-state index contributed by atoms with van der Waals surface area (Å²) in [5, 5.41) is 6.93. The minimum absolute atomic E-state index is 0.0182. The van der Waals surface area contributed by atoms with E-state index in [1.807, 2.05) is 54.4 Å². The van der Waals surface area contributed by atoms with Gasteiger partial charge in [0.15, 0.2) is 28.8 Å². The van der Waals surface area contributed by atoms with Gasteiger partial charge in [0.2, 0.25) is 13.0 Å². The summed E-state index contributed by atoms with van der Waals surface area (Å²) >= 11 is 0. The second-order valence-corrected chi connectivity index (χ2v) is 7.31. The molecule has 0 saturated carbocycles. The summed E-state index contributed by atoms with van der Waals surface area (Å²) in [7, 11) is 0. The van der Waals surface area contributed by atoms with Crippen LogP contribution in [0, 0.1) is 0 Å². The number of benzene rings is 2. The summed E-state index contributed by atoms with van der Waals surface area (Å²) in [6.45, 7) is 2.79. The van der Waals surface area contributed by atoms with Gasteiger partial charge in [-0.1, -0.05) is 12.1 Å². The molecule has 0 radical (unpaired) electrons. The molecular formula is C23H20N2O5. The fraction of sp³-hybridized carbons (Fsp3) is 0.261. The first-order valence-electron chi connectivity index (χ1n) is 10.0. The molecule has 0 bridgehead atoms. The predicted octanol–water partition coefficient (Wildman–Crippen LogP) is 4.65. The topological polar surface area (TPSA) is 65.7 Å². The normalized spacial score (nSPS) is 21.0. The first-order valence-corrected chi connectivity index (χ1v) is 10.0. The second kappa shape index (κ2) is 6.73. The van der Waals surface area contributed by atoms with Crippen LogP contribution in [0.15, 0.2) is 64.3 Å². The largest absolute Gasteiger partial charge is 0.490 e. The molecule has 1 aromatic heterocycles. The molecular weight excluding hydrogens is 384 g/mol. The van der Waals surface area contributed by atoms with Crippen LogP contribution in [-0.2, 0) is 0 Å². The quantitative estimate of drug-likeness (QED) is 0.631. The molecule has 3 aliphatic heterocycles. The molecule has 2 aromatic carbocycles. The number of fused-ring (bicyclic) bond motifs is 4. The van der Waals surface area contributed by atoms with Crippen molar-refractivity contribution in [3.05, 3.63) is 71.7 Å². The van der Waals surface area contributed by atoms with Gasteiger partial charge in [-0.3, -0.25) is 0 Å². The molecule has 30 heavy (non-hydrogen) atoms. The van der Waals surface area contributed by atoms with E-state index in [4.69, 9.17) is 28.5 Å². The van der Waals surface area contributed by atoms with Crippen LogP contribution in [-0.4, -0.2) is 24.1 Å². The summed E-state index contributed by atoms with van der Waals surface area (Å²) in [6.07, 6.45) is 1.92. The third-order valence-corrected chi connectivity index (χ3v) is 5.57. The Bertz CT molecular complexity index is 1120. The summed E-state index contributed by atoms with van der Waals surface area (Å²) in [4.78, 5) is 0. The Hall–Kier alpha value is -3.61. The van der Waals surface area contributed by atoms with E-state index >= 15 is 0 Å². The van der Waals surface area contributed by atoms with Gasteiger partial charge >= 0.3 is 0 Å². The maximum atomic E-state index is 6.39. The van der Waals surface area contributed by atoms with Gasteiger partial charge in [-0.25, -0.2) is 5.01 Å². The van der Waals surface area contributed by atoms with Crippen molar-refractivity contribution in [3.63, 3.8) is 0 Å². The minimum atomic E-state index is -0.467. The standard InChI is InChI=1S/C23H20N2O5/c1-2-26-19-6-3-5-15-17-12-16(14-8-9-18-21(11-14)29-13-28-18)24-25(17)23(30-22(15)19)20-7-4-10-27-20/h3-11,17,23H,2,12-13H2,1H3/t17-,23-/m0/s1. The summed E-state index contributed by atoms with van der Waals surface area (Å²) in [5.74, 6) is 3.70. The van der Waals surface area contributed by atoms with E-state index in [0.29, 0.717) is 12.4 Å². The van der Waals surface area contributed by atoms with Gasteiger partial charge in [0, 0.05) is 17.5 Å². The van der Waals surface area contributed by atoms with Gasteiger partial charge in [0.1, 0.15) is 0 Å². The average Bonchev–Trinajstić information content (AvgIpc) is 3.53. The molecule has 0 aliphatic carbocycles. The van der Waals surface area contributed by atoms with E-state index < -0.39 is 6.23 Å². The Morgan fingerprint density at radius 2 is 2.03 bits per heavy atom. The molecule has 2 atom stereocenters. The van der Waals surface area contributed by atoms with Crippen molar-refractivity contribution in [2.24, 2.45) is 5.10 Å². The van der Waals surface area contributed by atoms with E-state index in [-0.39, 0.29) is 12.8 Å². The molecule has 0 amide bonds. The maximum absolute atomic E-state index is 6.39. The predicted molar refractivity (Wildman–Crippen MR) is 108 cm³/mol. The highest BCUT2D eigenvalue weighted by Crippen LogP contribution is 2.51. The van der Waals surface area contributed by atoms with Crippen LogP contribution in [0.25, 0.3) is 0 Å². The van der Waals surface area contributed by atoms with Crippen molar-refractivity contribution in [2.45, 2.75) is 25.6 Å². The third kappa shape index (κ3) is 2.62. The lowest BCUT2D eigenvalue weighted by Crippen LogP contribution is -2.33. The van der Waals surface area contributed by atoms with Gasteiger partial charge < -0.3 is 23.4 Å². The van der Waals surface area contributed by atoms with Crippen LogP contribution in [0.2, 0.25) is 0 Å². The van der Waals surface area contributed by atoms with E-state index in [1.54, 1.807) is 6.26 Å². The van der Waals surface area contributed by atoms with E-state index in [1.165, 1.54) is 0 Å². The molecule has 152 valence electrons. The molecule has 0 saturated heterocycles. The molecule has 7 heteroatoms. The highest BCUT2D eigenvalue weighted by Gasteiger charge is 2.43. The highest BCUT2D eigenvalue weighted by molar-refractivity contribution is 6.02. The van der Waals surface area contributed by atoms with Crippen LogP contribution in [0.4, 0.5) is 0 Å². The smallest absolute Gasteiger partial charge is 0.246 e. The number of para-hydroxylation sites is 1. The summed E-state index contributed by atoms with van der Waals surface area (Å²) in [6, 6.07) is 15.7. The zero-order valence-electron chi connectivity index (χ0n) is 16.4. The van der Waals surface area contributed by atoms with E-state index in [2.05, 4.69) is 6.07 Å². The molecule has 6 rings (SSSR count). The Morgan fingerprint density at radius 3 is 2.90 bits per heavy atom.